The highest BCUT2D eigenvalue weighted by molar-refractivity contribution is 7.93. The maximum absolute atomic E-state index is 13.0. The van der Waals surface area contributed by atoms with Gasteiger partial charge in [0.05, 0.1) is 22.6 Å². The lowest BCUT2D eigenvalue weighted by Gasteiger charge is -2.27. The zero-order chi connectivity index (χ0) is 20.9. The predicted octanol–water partition coefficient (Wildman–Crippen LogP) is 2.37. The maximum atomic E-state index is 13.0. The number of sulfonamides is 1. The molecular formula is C18H14N4O6S. The lowest BCUT2D eigenvalue weighted by atomic mass is 10.1. The van der Waals surface area contributed by atoms with Gasteiger partial charge in [-0.3, -0.25) is 14.4 Å². The van der Waals surface area contributed by atoms with E-state index < -0.39 is 20.9 Å². The lowest BCUT2D eigenvalue weighted by molar-refractivity contribution is -0.384. The first-order chi connectivity index (χ1) is 13.8. The molecule has 0 bridgehead atoms. The summed E-state index contributed by atoms with van der Waals surface area (Å²) in [4.78, 5) is 23.0. The number of non-ortho nitro benzene ring substituents is 1. The number of nitrogens with zero attached hydrogens (tertiary/aromatic N) is 4. The van der Waals surface area contributed by atoms with Crippen molar-refractivity contribution in [1.29, 1.82) is 0 Å². The fourth-order valence-electron chi connectivity index (χ4n) is 3.26. The highest BCUT2D eigenvalue weighted by Crippen LogP contribution is 2.45. The highest BCUT2D eigenvalue weighted by Gasteiger charge is 2.40. The van der Waals surface area contributed by atoms with Crippen molar-refractivity contribution in [1.82, 2.24) is 9.78 Å². The van der Waals surface area contributed by atoms with E-state index in [2.05, 4.69) is 5.10 Å². The van der Waals surface area contributed by atoms with Gasteiger partial charge in [-0.25, -0.2) is 17.9 Å². The minimum Gasteiger partial charge on any atom is -0.464 e. The Morgan fingerprint density at radius 2 is 1.90 bits per heavy atom. The van der Waals surface area contributed by atoms with E-state index in [1.165, 1.54) is 36.0 Å². The van der Waals surface area contributed by atoms with Crippen LogP contribution in [0.25, 0.3) is 16.9 Å². The Bertz CT molecular complexity index is 1280. The van der Waals surface area contributed by atoms with E-state index >= 15 is 0 Å². The lowest BCUT2D eigenvalue weighted by Crippen LogP contribution is -2.31. The van der Waals surface area contributed by atoms with E-state index in [-0.39, 0.29) is 22.0 Å². The first-order valence-electron chi connectivity index (χ1n) is 8.32. The van der Waals surface area contributed by atoms with E-state index in [1.807, 2.05) is 0 Å². The van der Waals surface area contributed by atoms with Gasteiger partial charge in [-0.05, 0) is 12.1 Å². The molecule has 0 unspecified atom stereocenters. The van der Waals surface area contributed by atoms with Crippen molar-refractivity contribution in [2.45, 2.75) is 4.90 Å². The number of esters is 1. The van der Waals surface area contributed by atoms with Crippen LogP contribution in [0.4, 0.5) is 11.4 Å². The van der Waals surface area contributed by atoms with Crippen LogP contribution in [0.3, 0.4) is 0 Å². The molecule has 0 saturated heterocycles. The van der Waals surface area contributed by atoms with Gasteiger partial charge < -0.3 is 4.74 Å². The molecule has 0 atom stereocenters. The molecule has 1 aliphatic rings. The van der Waals surface area contributed by atoms with E-state index in [9.17, 15) is 23.3 Å². The Hall–Kier alpha value is -3.73. The zero-order valence-electron chi connectivity index (χ0n) is 15.3. The number of hydrogen-bond acceptors (Lipinski definition) is 7. The molecule has 0 fully saturated rings. The van der Waals surface area contributed by atoms with Gasteiger partial charge in [-0.15, -0.1) is 0 Å². The number of carbonyl (C=O) groups is 1. The standard InChI is InChI=1S/C18H14N4O6S/c1-20-17-15(18(23)28-2)19-21(11-6-5-7-12(10-11)22(24)25)16(17)13-8-3-4-9-14(13)29(20,26)27/h3-10H,1-2H3. The van der Waals surface area contributed by atoms with Crippen LogP contribution in [0.5, 0.6) is 0 Å². The number of benzene rings is 2. The number of ether oxygens (including phenoxy) is 1. The van der Waals surface area contributed by atoms with Gasteiger partial charge in [0.25, 0.3) is 15.7 Å². The number of methoxy groups -OCH3 is 1. The Morgan fingerprint density at radius 3 is 2.59 bits per heavy atom. The van der Waals surface area contributed by atoms with Crippen molar-refractivity contribution in [3.05, 3.63) is 64.3 Å². The molecule has 11 heteroatoms. The fraction of sp³-hybridized carbons (Fsp3) is 0.111. The van der Waals surface area contributed by atoms with Crippen LogP contribution in [0, 0.1) is 10.1 Å². The zero-order valence-corrected chi connectivity index (χ0v) is 16.1. The van der Waals surface area contributed by atoms with Crippen LogP contribution in [-0.4, -0.2) is 43.2 Å². The molecule has 1 aliphatic heterocycles. The highest BCUT2D eigenvalue weighted by atomic mass is 32.2. The largest absolute Gasteiger partial charge is 0.464 e. The normalized spacial score (nSPS) is 14.1. The van der Waals surface area contributed by atoms with E-state index in [4.69, 9.17) is 4.74 Å². The van der Waals surface area contributed by atoms with E-state index in [0.29, 0.717) is 16.9 Å². The Labute approximate surface area is 165 Å². The predicted molar refractivity (Wildman–Crippen MR) is 103 cm³/mol. The second kappa shape index (κ2) is 6.41. The van der Waals surface area contributed by atoms with Gasteiger partial charge in [0, 0.05) is 24.7 Å². The summed E-state index contributed by atoms with van der Waals surface area (Å²) in [6.07, 6.45) is 0. The molecule has 29 heavy (non-hydrogen) atoms. The number of carbonyl (C=O) groups excluding carboxylic acids is 1. The van der Waals surface area contributed by atoms with Gasteiger partial charge in [0.2, 0.25) is 0 Å². The third-order valence-electron chi connectivity index (χ3n) is 4.62. The van der Waals surface area contributed by atoms with Crippen molar-refractivity contribution < 1.29 is 22.9 Å². The van der Waals surface area contributed by atoms with Crippen molar-refractivity contribution in [3.8, 4) is 16.9 Å². The summed E-state index contributed by atoms with van der Waals surface area (Å²) in [5, 5.41) is 15.4. The fourth-order valence-corrected chi connectivity index (χ4v) is 4.67. The van der Waals surface area contributed by atoms with Gasteiger partial charge in [0.1, 0.15) is 11.4 Å². The number of rotatable bonds is 3. The van der Waals surface area contributed by atoms with Gasteiger partial charge in [0.15, 0.2) is 5.69 Å². The Morgan fingerprint density at radius 1 is 1.17 bits per heavy atom. The van der Waals surface area contributed by atoms with Crippen molar-refractivity contribution in [3.63, 3.8) is 0 Å². The van der Waals surface area contributed by atoms with Crippen LogP contribution in [0.1, 0.15) is 10.5 Å². The summed E-state index contributed by atoms with van der Waals surface area (Å²) in [7, 11) is -1.45. The number of anilines is 1. The monoisotopic (exact) mass is 414 g/mol. The molecule has 4 rings (SSSR count). The quantitative estimate of drug-likeness (QED) is 0.366. The van der Waals surface area contributed by atoms with E-state index in [0.717, 1.165) is 11.4 Å². The number of aromatic nitrogens is 2. The summed E-state index contributed by atoms with van der Waals surface area (Å²) in [6.45, 7) is 0. The third-order valence-corrected chi connectivity index (χ3v) is 6.44. The Balaban J connectivity index is 2.11. The van der Waals surface area contributed by atoms with Crippen LogP contribution in [0.15, 0.2) is 53.4 Å². The third kappa shape index (κ3) is 2.66. The van der Waals surface area contributed by atoms with Crippen molar-refractivity contribution >= 4 is 27.4 Å². The summed E-state index contributed by atoms with van der Waals surface area (Å²) in [6, 6.07) is 12.0. The molecule has 2 aromatic carbocycles. The van der Waals surface area contributed by atoms with Crippen LogP contribution in [-0.2, 0) is 14.8 Å². The Kier molecular flexibility index (Phi) is 4.12. The molecule has 0 N–H and O–H groups in total. The molecule has 0 spiro atoms. The number of hydrogen-bond donors (Lipinski definition) is 0. The minimum atomic E-state index is -3.92. The van der Waals surface area contributed by atoms with Gasteiger partial charge in [-0.2, -0.15) is 5.10 Å². The summed E-state index contributed by atoms with van der Waals surface area (Å²) in [5.74, 6) is -0.827. The second-order valence-electron chi connectivity index (χ2n) is 6.19. The maximum Gasteiger partial charge on any atom is 0.360 e. The van der Waals surface area contributed by atoms with Crippen LogP contribution < -0.4 is 4.31 Å². The molecule has 2 heterocycles. The average molecular weight is 414 g/mol. The summed E-state index contributed by atoms with van der Waals surface area (Å²) < 4.78 is 33.0. The first-order valence-corrected chi connectivity index (χ1v) is 9.76. The van der Waals surface area contributed by atoms with Crippen LogP contribution in [0.2, 0.25) is 0 Å². The molecule has 3 aromatic rings. The molecule has 1 aromatic heterocycles. The number of nitro benzene ring substituents is 1. The molecule has 0 amide bonds. The van der Waals surface area contributed by atoms with Gasteiger partial charge >= 0.3 is 5.97 Å². The molecule has 0 radical (unpaired) electrons. The first kappa shape index (κ1) is 18.6. The molecule has 148 valence electrons. The van der Waals surface area contributed by atoms with Crippen molar-refractivity contribution in [2.75, 3.05) is 18.5 Å². The summed E-state index contributed by atoms with van der Waals surface area (Å²) >= 11 is 0. The minimum absolute atomic E-state index is 0.0398. The number of nitro groups is 1. The van der Waals surface area contributed by atoms with Crippen LogP contribution >= 0.6 is 0 Å². The molecule has 10 nitrogen and oxygen atoms in total. The van der Waals surface area contributed by atoms with E-state index in [1.54, 1.807) is 24.3 Å². The molecule has 0 aliphatic carbocycles. The smallest absolute Gasteiger partial charge is 0.360 e. The number of fused-ring (bicyclic) bond motifs is 3. The average Bonchev–Trinajstić information content (AvgIpc) is 3.12. The topological polar surface area (TPSA) is 125 Å². The van der Waals surface area contributed by atoms with Crippen molar-refractivity contribution in [2.24, 2.45) is 0 Å². The molecular weight excluding hydrogens is 400 g/mol. The molecule has 0 saturated carbocycles. The SMILES string of the molecule is COC(=O)c1nn(-c2cccc([N+](=O)[O-])c2)c2c1N(C)S(=O)(=O)c1ccccc1-2. The second-order valence-corrected chi connectivity index (χ2v) is 8.13. The summed E-state index contributed by atoms with van der Waals surface area (Å²) in [5.41, 5.74) is 0.606. The van der Waals surface area contributed by atoms with Gasteiger partial charge in [-0.1, -0.05) is 24.3 Å².